The van der Waals surface area contributed by atoms with Gasteiger partial charge in [0.1, 0.15) is 0 Å². The van der Waals surface area contributed by atoms with Gasteiger partial charge in [0.25, 0.3) is 0 Å². The fraction of sp³-hybridized carbons (Fsp3) is 0.0143. The van der Waals surface area contributed by atoms with Gasteiger partial charge in [-0.15, -0.1) is 0 Å². The second-order valence-corrected chi connectivity index (χ2v) is 19.2. The van der Waals surface area contributed by atoms with E-state index >= 15 is 0 Å². The predicted molar refractivity (Wildman–Crippen MR) is 316 cm³/mol. The van der Waals surface area contributed by atoms with Crippen LogP contribution in [-0.2, 0) is 0 Å². The third-order valence-corrected chi connectivity index (χ3v) is 14.7. The van der Waals surface area contributed by atoms with E-state index in [2.05, 4.69) is 241 Å². The van der Waals surface area contributed by atoms with Crippen LogP contribution in [-0.4, -0.2) is 24.1 Å². The van der Waals surface area contributed by atoms with Crippen molar-refractivity contribution in [1.82, 2.24) is 24.1 Å². The first-order valence-electron chi connectivity index (χ1n) is 25.6. The number of rotatable bonds is 10. The van der Waals surface area contributed by atoms with Gasteiger partial charge in [0.05, 0.1) is 22.1 Å². The van der Waals surface area contributed by atoms with Gasteiger partial charge in [0.2, 0.25) is 0 Å². The largest absolute Gasteiger partial charge is 0.452 e. The van der Waals surface area contributed by atoms with Crippen LogP contribution in [0.5, 0.6) is 0 Å². The van der Waals surface area contributed by atoms with Crippen molar-refractivity contribution in [2.45, 2.75) is 6.92 Å². The van der Waals surface area contributed by atoms with E-state index in [-0.39, 0.29) is 0 Å². The number of fused-ring (bicyclic) bond motifs is 11. The third-order valence-electron chi connectivity index (χ3n) is 14.7. The lowest BCUT2D eigenvalue weighted by Crippen LogP contribution is -2.01. The summed E-state index contributed by atoms with van der Waals surface area (Å²) in [6, 6.07) is 81.3. The van der Waals surface area contributed by atoms with Crippen LogP contribution in [0.4, 0.5) is 0 Å². The lowest BCUT2D eigenvalue weighted by Gasteiger charge is -2.13. The normalized spacial score (nSPS) is 12.1. The Labute approximate surface area is 439 Å². The topological polar surface area (TPSA) is 61.7 Å². The molecule has 4 heterocycles. The summed E-state index contributed by atoms with van der Waals surface area (Å²) in [6.07, 6.45) is 7.90. The fourth-order valence-electron chi connectivity index (χ4n) is 11.1. The van der Waals surface area contributed by atoms with Gasteiger partial charge in [-0.25, -0.2) is 15.0 Å². The second kappa shape index (κ2) is 18.4. The first-order chi connectivity index (χ1) is 37.6. The van der Waals surface area contributed by atoms with Gasteiger partial charge in [0, 0.05) is 60.4 Å². The van der Waals surface area contributed by atoms with E-state index in [0.29, 0.717) is 17.5 Å². The highest BCUT2D eigenvalue weighted by Crippen LogP contribution is 2.45. The van der Waals surface area contributed by atoms with Gasteiger partial charge >= 0.3 is 0 Å². The van der Waals surface area contributed by atoms with Crippen molar-refractivity contribution < 1.29 is 4.42 Å². The molecule has 0 unspecified atom stereocenters. The zero-order valence-corrected chi connectivity index (χ0v) is 41.6. The number of aromatic nitrogens is 5. The first kappa shape index (κ1) is 44.5. The van der Waals surface area contributed by atoms with Crippen LogP contribution in [0.1, 0.15) is 12.5 Å². The summed E-state index contributed by atoms with van der Waals surface area (Å²) in [6.45, 7) is 5.99. The highest BCUT2D eigenvalue weighted by Gasteiger charge is 2.24. The molecule has 0 amide bonds. The molecule has 0 radical (unpaired) electrons. The molecule has 0 bridgehead atoms. The third kappa shape index (κ3) is 7.46. The Morgan fingerprint density at radius 3 is 1.59 bits per heavy atom. The predicted octanol–water partition coefficient (Wildman–Crippen LogP) is 18.4. The van der Waals surface area contributed by atoms with Gasteiger partial charge in [0.15, 0.2) is 28.6 Å². The summed E-state index contributed by atoms with van der Waals surface area (Å²) in [5.41, 5.74) is 17.4. The van der Waals surface area contributed by atoms with Crippen molar-refractivity contribution in [2.75, 3.05) is 0 Å². The van der Waals surface area contributed by atoms with Crippen LogP contribution in [0, 0.1) is 0 Å². The molecule has 4 aromatic heterocycles. The fourth-order valence-corrected chi connectivity index (χ4v) is 11.1. The minimum atomic E-state index is 0.585. The number of para-hydroxylation sites is 2. The number of hydrogen-bond acceptors (Lipinski definition) is 4. The number of nitrogens with zero attached hydrogens (tertiary/aromatic N) is 5. The number of hydrogen-bond donors (Lipinski definition) is 0. The second-order valence-electron chi connectivity index (χ2n) is 19.2. The van der Waals surface area contributed by atoms with E-state index in [0.717, 1.165) is 122 Å². The molecular formula is C70H47N5O. The molecule has 6 heteroatoms. The highest BCUT2D eigenvalue weighted by atomic mass is 16.3. The van der Waals surface area contributed by atoms with Gasteiger partial charge in [-0.3, -0.25) is 0 Å². The monoisotopic (exact) mass is 973 g/mol. The SMILES string of the molecule is C=C/C=C\C=C(/C)c1cccc(-n2c3ccccc3c3ccc4c5ccc6c7ccccc7n(-c7ccc(-c8nc(-c9cccc(-c%10ccccc%10)c9)nc(-c9ccccc9-c9ccccc9)n8)cc7)c6c5oc4c32)c1. The Kier molecular flexibility index (Phi) is 10.8. The van der Waals surface area contributed by atoms with E-state index in [1.54, 1.807) is 6.08 Å². The molecule has 10 aromatic carbocycles. The zero-order chi connectivity index (χ0) is 50.7. The molecule has 0 saturated heterocycles. The summed E-state index contributed by atoms with van der Waals surface area (Å²) < 4.78 is 12.1. The van der Waals surface area contributed by atoms with E-state index in [1.807, 2.05) is 30.4 Å². The molecule has 0 N–H and O–H groups in total. The Hall–Kier alpha value is -10.2. The summed E-state index contributed by atoms with van der Waals surface area (Å²) in [7, 11) is 0. The maximum Gasteiger partial charge on any atom is 0.164 e. The minimum absolute atomic E-state index is 0.585. The van der Waals surface area contributed by atoms with E-state index < -0.39 is 0 Å². The molecule has 0 aliphatic rings. The Morgan fingerprint density at radius 1 is 0.395 bits per heavy atom. The summed E-state index contributed by atoms with van der Waals surface area (Å²) in [5.74, 6) is 1.79. The molecule has 0 saturated carbocycles. The van der Waals surface area contributed by atoms with Crippen molar-refractivity contribution in [3.63, 3.8) is 0 Å². The Balaban J connectivity index is 0.945. The smallest absolute Gasteiger partial charge is 0.164 e. The number of benzene rings is 10. The zero-order valence-electron chi connectivity index (χ0n) is 41.6. The highest BCUT2D eigenvalue weighted by molar-refractivity contribution is 6.26. The van der Waals surface area contributed by atoms with E-state index in [1.165, 1.54) is 5.39 Å². The van der Waals surface area contributed by atoms with Crippen molar-refractivity contribution in [1.29, 1.82) is 0 Å². The minimum Gasteiger partial charge on any atom is -0.452 e. The molecule has 0 fully saturated rings. The lowest BCUT2D eigenvalue weighted by molar-refractivity contribution is 0.673. The maximum atomic E-state index is 7.39. The van der Waals surface area contributed by atoms with Gasteiger partial charge in [-0.1, -0.05) is 195 Å². The average Bonchev–Trinajstić information content (AvgIpc) is 4.17. The molecule has 0 atom stereocenters. The Morgan fingerprint density at radius 2 is 0.921 bits per heavy atom. The summed E-state index contributed by atoms with van der Waals surface area (Å²) in [5, 5.41) is 6.69. The number of furan rings is 1. The lowest BCUT2D eigenvalue weighted by atomic mass is 9.99. The first-order valence-corrected chi connectivity index (χ1v) is 25.6. The van der Waals surface area contributed by atoms with Gasteiger partial charge in [-0.2, -0.15) is 0 Å². The quantitative estimate of drug-likeness (QED) is 0.128. The summed E-state index contributed by atoms with van der Waals surface area (Å²) in [4.78, 5) is 15.7. The van der Waals surface area contributed by atoms with Crippen LogP contribution >= 0.6 is 0 Å². The molecule has 0 aliphatic heterocycles. The summed E-state index contributed by atoms with van der Waals surface area (Å²) >= 11 is 0. The average molecular weight is 974 g/mol. The molecule has 14 rings (SSSR count). The van der Waals surface area contributed by atoms with E-state index in [9.17, 15) is 0 Å². The Bertz CT molecular complexity index is 4650. The van der Waals surface area contributed by atoms with Crippen molar-refractivity contribution in [3.8, 4) is 67.8 Å². The molecule has 76 heavy (non-hydrogen) atoms. The molecular weight excluding hydrogens is 927 g/mol. The standard InChI is InChI=1S/C70H47N5O/c1-3-4-7-20-45(2)49-25-19-28-53(44-49)75-63-34-17-15-31-56(63)58-40-42-60-59-41-39-57-55-30-14-16-33-62(55)74(64(57)66(59)76-67(60)65(58)75)52-37-35-48(36-38-52)68-71-69(51-27-18-26-50(43-51)46-21-8-5-9-22-46)73-70(72-68)61-32-13-12-29-54(61)47-23-10-6-11-24-47/h3-44H,1H2,2H3/b7-4-,45-20+. The van der Waals surface area contributed by atoms with Crippen molar-refractivity contribution >= 4 is 71.1 Å². The maximum absolute atomic E-state index is 7.39. The van der Waals surface area contributed by atoms with Crippen LogP contribution in [0.15, 0.2) is 266 Å². The molecule has 358 valence electrons. The van der Waals surface area contributed by atoms with Gasteiger partial charge < -0.3 is 13.6 Å². The van der Waals surface area contributed by atoms with Crippen molar-refractivity contribution in [3.05, 3.63) is 267 Å². The molecule has 0 spiro atoms. The van der Waals surface area contributed by atoms with Crippen LogP contribution in [0.25, 0.3) is 139 Å². The van der Waals surface area contributed by atoms with Crippen molar-refractivity contribution in [2.24, 2.45) is 0 Å². The molecule has 0 aliphatic carbocycles. The van der Waals surface area contributed by atoms with Crippen LogP contribution in [0.3, 0.4) is 0 Å². The molecule has 14 aromatic rings. The van der Waals surface area contributed by atoms with Crippen LogP contribution in [0.2, 0.25) is 0 Å². The van der Waals surface area contributed by atoms with Crippen LogP contribution < -0.4 is 0 Å². The van der Waals surface area contributed by atoms with Gasteiger partial charge in [-0.05, 0) is 107 Å². The van der Waals surface area contributed by atoms with E-state index in [4.69, 9.17) is 19.4 Å². The number of allylic oxidation sites excluding steroid dienone is 5. The molecule has 6 nitrogen and oxygen atoms in total.